The van der Waals surface area contributed by atoms with E-state index >= 15 is 0 Å². The van der Waals surface area contributed by atoms with Gasteiger partial charge in [-0.15, -0.1) is 0 Å². The fraction of sp³-hybridized carbons (Fsp3) is 0.389. The Morgan fingerprint density at radius 1 is 1.13 bits per heavy atom. The van der Waals surface area contributed by atoms with E-state index in [9.17, 15) is 0 Å². The minimum absolute atomic E-state index is 0.496. The monoisotopic (exact) mass is 307 g/mol. The van der Waals surface area contributed by atoms with Crippen molar-refractivity contribution in [2.24, 2.45) is 0 Å². The summed E-state index contributed by atoms with van der Waals surface area (Å²) in [6.07, 6.45) is 10.0. The van der Waals surface area contributed by atoms with Gasteiger partial charge in [-0.3, -0.25) is 0 Å². The predicted octanol–water partition coefficient (Wildman–Crippen LogP) is 3.87. The largest absolute Gasteiger partial charge is 0.351 e. The van der Waals surface area contributed by atoms with Gasteiger partial charge in [0.1, 0.15) is 0 Å². The number of anilines is 1. The fourth-order valence-corrected chi connectivity index (χ4v) is 3.28. The number of nitrogens with zero attached hydrogens (tertiary/aromatic N) is 4. The van der Waals surface area contributed by atoms with Crippen LogP contribution >= 0.6 is 0 Å². The van der Waals surface area contributed by atoms with Gasteiger partial charge >= 0.3 is 0 Å². The van der Waals surface area contributed by atoms with Gasteiger partial charge in [-0.1, -0.05) is 31.4 Å². The van der Waals surface area contributed by atoms with Crippen LogP contribution in [0, 0.1) is 6.92 Å². The molecule has 1 aromatic carbocycles. The number of benzene rings is 1. The zero-order chi connectivity index (χ0) is 15.6. The fourth-order valence-electron chi connectivity index (χ4n) is 3.28. The van der Waals surface area contributed by atoms with Gasteiger partial charge < -0.3 is 5.32 Å². The Hall–Kier alpha value is -2.43. The molecule has 0 saturated heterocycles. The third kappa shape index (κ3) is 2.91. The summed E-state index contributed by atoms with van der Waals surface area (Å²) in [4.78, 5) is 9.05. The maximum atomic E-state index is 4.67. The lowest BCUT2D eigenvalue weighted by Crippen LogP contribution is -2.23. The zero-order valence-electron chi connectivity index (χ0n) is 13.4. The average molecular weight is 307 g/mol. The van der Waals surface area contributed by atoms with Gasteiger partial charge in [-0.05, 0) is 31.4 Å². The summed E-state index contributed by atoms with van der Waals surface area (Å²) in [6, 6.07) is 8.73. The number of rotatable bonds is 3. The van der Waals surface area contributed by atoms with Gasteiger partial charge in [0.2, 0.25) is 5.95 Å². The molecule has 0 aliphatic heterocycles. The molecule has 0 bridgehead atoms. The summed E-state index contributed by atoms with van der Waals surface area (Å²) >= 11 is 0. The van der Waals surface area contributed by atoms with Crippen molar-refractivity contribution in [2.75, 3.05) is 5.32 Å². The summed E-state index contributed by atoms with van der Waals surface area (Å²) in [5.41, 5.74) is 2.29. The van der Waals surface area contributed by atoms with Crippen LogP contribution in [-0.4, -0.2) is 25.8 Å². The van der Waals surface area contributed by atoms with Crippen molar-refractivity contribution in [2.45, 2.75) is 45.1 Å². The van der Waals surface area contributed by atoms with Gasteiger partial charge in [-0.25, -0.2) is 9.67 Å². The van der Waals surface area contributed by atoms with Crippen molar-refractivity contribution in [1.29, 1.82) is 0 Å². The highest BCUT2D eigenvalue weighted by atomic mass is 15.3. The molecule has 1 aliphatic carbocycles. The Bertz CT molecular complexity index is 817. The summed E-state index contributed by atoms with van der Waals surface area (Å²) in [7, 11) is 0. The standard InChI is InChI=1S/C18H21N5/c1-13-7-8-14-12-20-23(16(14)11-13)17-9-10-19-18(22-17)21-15-5-3-2-4-6-15/h7-12,15H,2-6H2,1H3,(H,19,21,22). The van der Waals surface area contributed by atoms with Gasteiger partial charge in [-0.2, -0.15) is 10.1 Å². The van der Waals surface area contributed by atoms with Crippen molar-refractivity contribution < 1.29 is 0 Å². The molecule has 0 unspecified atom stereocenters. The quantitative estimate of drug-likeness (QED) is 0.798. The van der Waals surface area contributed by atoms with Crippen LogP contribution in [-0.2, 0) is 0 Å². The molecule has 3 aromatic rings. The molecular formula is C18H21N5. The first-order chi connectivity index (χ1) is 11.3. The van der Waals surface area contributed by atoms with Crippen LogP contribution in [0.25, 0.3) is 16.7 Å². The number of fused-ring (bicyclic) bond motifs is 1. The first-order valence-electron chi connectivity index (χ1n) is 8.34. The molecule has 1 aliphatic rings. The van der Waals surface area contributed by atoms with Crippen LogP contribution in [0.3, 0.4) is 0 Å². The Morgan fingerprint density at radius 3 is 2.87 bits per heavy atom. The lowest BCUT2D eigenvalue weighted by Gasteiger charge is -2.22. The van der Waals surface area contributed by atoms with Gasteiger partial charge in [0, 0.05) is 23.7 Å². The number of aromatic nitrogens is 4. The van der Waals surface area contributed by atoms with E-state index in [2.05, 4.69) is 45.5 Å². The second-order valence-corrected chi connectivity index (χ2v) is 6.34. The Morgan fingerprint density at radius 2 is 2.00 bits per heavy atom. The lowest BCUT2D eigenvalue weighted by molar-refractivity contribution is 0.461. The Balaban J connectivity index is 1.65. The van der Waals surface area contributed by atoms with E-state index in [4.69, 9.17) is 0 Å². The van der Waals surface area contributed by atoms with E-state index in [-0.39, 0.29) is 0 Å². The molecule has 23 heavy (non-hydrogen) atoms. The SMILES string of the molecule is Cc1ccc2cnn(-c3ccnc(NC4CCCCC4)n3)c2c1. The smallest absolute Gasteiger partial charge is 0.224 e. The second-order valence-electron chi connectivity index (χ2n) is 6.34. The first-order valence-corrected chi connectivity index (χ1v) is 8.34. The Kier molecular flexibility index (Phi) is 3.69. The summed E-state index contributed by atoms with van der Waals surface area (Å²) in [6.45, 7) is 2.09. The molecule has 0 atom stereocenters. The molecule has 2 aromatic heterocycles. The van der Waals surface area contributed by atoms with Crippen molar-refractivity contribution in [1.82, 2.24) is 19.7 Å². The third-order valence-corrected chi connectivity index (χ3v) is 4.52. The van der Waals surface area contributed by atoms with Gasteiger partial charge in [0.15, 0.2) is 5.82 Å². The summed E-state index contributed by atoms with van der Waals surface area (Å²) in [5, 5.41) is 9.09. The van der Waals surface area contributed by atoms with Crippen molar-refractivity contribution in [3.8, 4) is 5.82 Å². The molecule has 1 fully saturated rings. The van der Waals surface area contributed by atoms with E-state index in [1.54, 1.807) is 6.20 Å². The maximum absolute atomic E-state index is 4.67. The Labute approximate surface area is 135 Å². The van der Waals surface area contributed by atoms with Crippen LogP contribution in [0.15, 0.2) is 36.7 Å². The molecule has 0 spiro atoms. The summed E-state index contributed by atoms with van der Waals surface area (Å²) in [5.74, 6) is 1.50. The van der Waals surface area contributed by atoms with Crippen molar-refractivity contribution in [3.05, 3.63) is 42.2 Å². The molecule has 0 radical (unpaired) electrons. The predicted molar refractivity (Wildman–Crippen MR) is 91.9 cm³/mol. The first kappa shape index (κ1) is 14.2. The van der Waals surface area contributed by atoms with Crippen molar-refractivity contribution >= 4 is 16.9 Å². The molecule has 5 heteroatoms. The molecule has 5 nitrogen and oxygen atoms in total. The highest BCUT2D eigenvalue weighted by Gasteiger charge is 2.15. The molecule has 4 rings (SSSR count). The molecule has 118 valence electrons. The topological polar surface area (TPSA) is 55.6 Å². The molecule has 1 N–H and O–H groups in total. The minimum atomic E-state index is 0.496. The normalized spacial score (nSPS) is 15.9. The maximum Gasteiger partial charge on any atom is 0.224 e. The van der Waals surface area contributed by atoms with E-state index < -0.39 is 0 Å². The van der Waals surface area contributed by atoms with Gasteiger partial charge in [0.05, 0.1) is 11.7 Å². The second kappa shape index (κ2) is 5.99. The number of nitrogens with one attached hydrogen (secondary N) is 1. The highest BCUT2D eigenvalue weighted by Crippen LogP contribution is 2.22. The third-order valence-electron chi connectivity index (χ3n) is 4.52. The van der Waals surface area contributed by atoms with E-state index in [1.807, 2.05) is 16.9 Å². The summed E-state index contributed by atoms with van der Waals surface area (Å²) < 4.78 is 1.88. The number of hydrogen-bond acceptors (Lipinski definition) is 4. The van der Waals surface area contributed by atoms with Crippen LogP contribution in [0.1, 0.15) is 37.7 Å². The van der Waals surface area contributed by atoms with Gasteiger partial charge in [0.25, 0.3) is 0 Å². The van der Waals surface area contributed by atoms with Crippen LogP contribution in [0.5, 0.6) is 0 Å². The van der Waals surface area contributed by atoms with Crippen LogP contribution in [0.4, 0.5) is 5.95 Å². The average Bonchev–Trinajstić information content (AvgIpc) is 2.99. The van der Waals surface area contributed by atoms with Crippen LogP contribution in [0.2, 0.25) is 0 Å². The van der Waals surface area contributed by atoms with Crippen LogP contribution < -0.4 is 5.32 Å². The molecule has 2 heterocycles. The van der Waals surface area contributed by atoms with Crippen molar-refractivity contribution in [3.63, 3.8) is 0 Å². The van der Waals surface area contributed by atoms with E-state index in [0.717, 1.165) is 16.7 Å². The lowest BCUT2D eigenvalue weighted by atomic mass is 9.96. The number of aryl methyl sites for hydroxylation is 1. The van der Waals surface area contributed by atoms with E-state index in [0.29, 0.717) is 12.0 Å². The minimum Gasteiger partial charge on any atom is -0.351 e. The zero-order valence-corrected chi connectivity index (χ0v) is 13.4. The highest BCUT2D eigenvalue weighted by molar-refractivity contribution is 5.80. The van der Waals surface area contributed by atoms with E-state index in [1.165, 1.54) is 37.7 Å². The molecular weight excluding hydrogens is 286 g/mol. The molecule has 1 saturated carbocycles. The molecule has 0 amide bonds. The number of hydrogen-bond donors (Lipinski definition) is 1.